The summed E-state index contributed by atoms with van der Waals surface area (Å²) in [5.41, 5.74) is -0.122. The first-order valence-corrected chi connectivity index (χ1v) is 14.3. The van der Waals surface area contributed by atoms with Crippen molar-refractivity contribution >= 4 is 5.97 Å². The van der Waals surface area contributed by atoms with Gasteiger partial charge in [-0.3, -0.25) is 4.79 Å². The fraction of sp³-hybridized carbons (Fsp3) is 0.966. The van der Waals surface area contributed by atoms with Gasteiger partial charge in [0, 0.05) is 12.5 Å². The van der Waals surface area contributed by atoms with E-state index in [1.165, 1.54) is 89.9 Å². The fourth-order valence-electron chi connectivity index (χ4n) is 7.59. The Bertz CT molecular complexity index is 522. The van der Waals surface area contributed by atoms with Crippen molar-refractivity contribution < 1.29 is 9.53 Å². The summed E-state index contributed by atoms with van der Waals surface area (Å²) in [6, 6.07) is 0. The molecule has 2 unspecified atom stereocenters. The molecule has 0 spiro atoms. The summed E-state index contributed by atoms with van der Waals surface area (Å²) in [5.74, 6) is 3.02. The van der Waals surface area contributed by atoms with Gasteiger partial charge in [0.05, 0.1) is 5.41 Å². The molecule has 0 aromatic heterocycles. The highest BCUT2D eigenvalue weighted by Crippen LogP contribution is 2.60. The molecule has 0 aromatic carbocycles. The molecule has 4 aliphatic carbocycles. The van der Waals surface area contributed by atoms with Crippen LogP contribution in [0.25, 0.3) is 0 Å². The number of rotatable bonds is 16. The molecule has 4 rings (SSSR count). The fourth-order valence-corrected chi connectivity index (χ4v) is 7.59. The van der Waals surface area contributed by atoms with Crippen molar-refractivity contribution in [2.75, 3.05) is 20.6 Å². The number of unbranched alkanes of at least 4 members (excludes halogenated alkanes) is 9. The molecule has 0 aromatic rings. The maximum Gasteiger partial charge on any atom is 0.312 e. The van der Waals surface area contributed by atoms with Crippen LogP contribution in [0.4, 0.5) is 0 Å². The number of esters is 1. The van der Waals surface area contributed by atoms with Gasteiger partial charge >= 0.3 is 5.97 Å². The van der Waals surface area contributed by atoms with E-state index in [-0.39, 0.29) is 17.5 Å². The van der Waals surface area contributed by atoms with Crippen molar-refractivity contribution in [3.05, 3.63) is 0 Å². The second-order valence-corrected chi connectivity index (χ2v) is 12.3. The molecule has 0 saturated heterocycles. The van der Waals surface area contributed by atoms with E-state index in [0.29, 0.717) is 5.92 Å². The maximum atomic E-state index is 13.4. The Hall–Kier alpha value is -0.570. The van der Waals surface area contributed by atoms with E-state index in [0.717, 1.165) is 43.6 Å². The second-order valence-electron chi connectivity index (χ2n) is 12.3. The van der Waals surface area contributed by atoms with Crippen LogP contribution in [0.3, 0.4) is 0 Å². The minimum atomic E-state index is -0.122. The number of carbonyl (C=O) groups is 1. The normalized spacial score (nSPS) is 30.6. The molecule has 0 aliphatic heterocycles. The van der Waals surface area contributed by atoms with Crippen LogP contribution in [-0.2, 0) is 9.53 Å². The van der Waals surface area contributed by atoms with Crippen molar-refractivity contribution in [3.8, 4) is 0 Å². The number of carbonyl (C=O) groups excluding carboxylic acids is 1. The zero-order chi connectivity index (χ0) is 23.0. The summed E-state index contributed by atoms with van der Waals surface area (Å²) in [4.78, 5) is 15.7. The van der Waals surface area contributed by atoms with Gasteiger partial charge in [0.2, 0.25) is 0 Å². The maximum absolute atomic E-state index is 13.4. The highest BCUT2D eigenvalue weighted by Gasteiger charge is 2.55. The highest BCUT2D eigenvalue weighted by atomic mass is 16.5. The lowest BCUT2D eigenvalue weighted by molar-refractivity contribution is -0.179. The first-order valence-electron chi connectivity index (χ1n) is 14.3. The molecule has 0 amide bonds. The van der Waals surface area contributed by atoms with Gasteiger partial charge < -0.3 is 9.64 Å². The monoisotopic (exact) mass is 447 g/mol. The molecule has 3 heteroatoms. The predicted octanol–water partition coefficient (Wildman–Crippen LogP) is 7.62. The van der Waals surface area contributed by atoms with Crippen LogP contribution in [0, 0.1) is 29.1 Å². The minimum Gasteiger partial charge on any atom is -0.462 e. The summed E-state index contributed by atoms with van der Waals surface area (Å²) in [6.45, 7) is 5.48. The van der Waals surface area contributed by atoms with Crippen LogP contribution >= 0.6 is 0 Å². The summed E-state index contributed by atoms with van der Waals surface area (Å²) in [6.07, 6.45) is 22.5. The molecule has 32 heavy (non-hydrogen) atoms. The van der Waals surface area contributed by atoms with Crippen LogP contribution in [0.1, 0.15) is 123 Å². The van der Waals surface area contributed by atoms with Crippen molar-refractivity contribution in [2.45, 2.75) is 129 Å². The molecule has 0 radical (unpaired) electrons. The molecule has 2 atom stereocenters. The molecule has 0 N–H and O–H groups in total. The van der Waals surface area contributed by atoms with Crippen molar-refractivity contribution in [1.82, 2.24) is 4.90 Å². The SMILES string of the molecule is CCCCCCCCCCCCC(CN(C)C)C(C)OC(=O)C12CC3CC(CC(C3)C1)C2. The van der Waals surface area contributed by atoms with Crippen molar-refractivity contribution in [3.63, 3.8) is 0 Å². The van der Waals surface area contributed by atoms with Gasteiger partial charge in [-0.2, -0.15) is 0 Å². The van der Waals surface area contributed by atoms with Gasteiger partial charge in [-0.15, -0.1) is 0 Å². The molecule has 186 valence electrons. The van der Waals surface area contributed by atoms with E-state index < -0.39 is 0 Å². The van der Waals surface area contributed by atoms with Gasteiger partial charge in [-0.1, -0.05) is 71.1 Å². The number of hydrogen-bond donors (Lipinski definition) is 0. The summed E-state index contributed by atoms with van der Waals surface area (Å²) >= 11 is 0. The van der Waals surface area contributed by atoms with Gasteiger partial charge in [-0.25, -0.2) is 0 Å². The van der Waals surface area contributed by atoms with Crippen LogP contribution in [-0.4, -0.2) is 37.6 Å². The molecule has 4 bridgehead atoms. The zero-order valence-corrected chi connectivity index (χ0v) is 21.9. The van der Waals surface area contributed by atoms with Gasteiger partial charge in [0.15, 0.2) is 0 Å². The van der Waals surface area contributed by atoms with Gasteiger partial charge in [0.25, 0.3) is 0 Å². The smallest absolute Gasteiger partial charge is 0.312 e. The molecule has 4 aliphatic rings. The van der Waals surface area contributed by atoms with E-state index in [9.17, 15) is 4.79 Å². The molecule has 4 saturated carbocycles. The Labute approximate surface area is 199 Å². The number of nitrogens with zero attached hydrogens (tertiary/aromatic N) is 1. The minimum absolute atomic E-state index is 0.0384. The summed E-state index contributed by atoms with van der Waals surface area (Å²) in [7, 11) is 4.30. The molecule has 3 nitrogen and oxygen atoms in total. The van der Waals surface area contributed by atoms with E-state index in [4.69, 9.17) is 4.74 Å². The topological polar surface area (TPSA) is 29.5 Å². The van der Waals surface area contributed by atoms with Crippen molar-refractivity contribution in [2.24, 2.45) is 29.1 Å². The predicted molar refractivity (Wildman–Crippen MR) is 135 cm³/mol. The van der Waals surface area contributed by atoms with Gasteiger partial charge in [-0.05, 0) is 83.7 Å². The quantitative estimate of drug-likeness (QED) is 0.180. The van der Waals surface area contributed by atoms with Crippen LogP contribution in [0.5, 0.6) is 0 Å². The lowest BCUT2D eigenvalue weighted by atomic mass is 9.49. The average molecular weight is 448 g/mol. The van der Waals surface area contributed by atoms with Crippen LogP contribution in [0.15, 0.2) is 0 Å². The first-order chi connectivity index (χ1) is 15.4. The average Bonchev–Trinajstić information content (AvgIpc) is 2.73. The van der Waals surface area contributed by atoms with Crippen molar-refractivity contribution in [1.29, 1.82) is 0 Å². The largest absolute Gasteiger partial charge is 0.462 e. The Balaban J connectivity index is 1.38. The van der Waals surface area contributed by atoms with Crippen LogP contribution in [0.2, 0.25) is 0 Å². The lowest BCUT2D eigenvalue weighted by Gasteiger charge is -2.55. The van der Waals surface area contributed by atoms with E-state index in [1.807, 2.05) is 0 Å². The highest BCUT2D eigenvalue weighted by molar-refractivity contribution is 5.77. The zero-order valence-electron chi connectivity index (χ0n) is 21.9. The Morgan fingerprint density at radius 1 is 0.844 bits per heavy atom. The lowest BCUT2D eigenvalue weighted by Crippen LogP contribution is -2.51. The third-order valence-corrected chi connectivity index (χ3v) is 8.96. The second kappa shape index (κ2) is 12.8. The molecular formula is C29H53NO2. The van der Waals surface area contributed by atoms with Crippen LogP contribution < -0.4 is 0 Å². The third kappa shape index (κ3) is 7.47. The van der Waals surface area contributed by atoms with E-state index in [2.05, 4.69) is 32.8 Å². The Kier molecular flexibility index (Phi) is 10.4. The summed E-state index contributed by atoms with van der Waals surface area (Å²) in [5, 5.41) is 0. The Morgan fingerprint density at radius 3 is 1.78 bits per heavy atom. The molecule has 4 fully saturated rings. The van der Waals surface area contributed by atoms with E-state index in [1.54, 1.807) is 0 Å². The molecule has 0 heterocycles. The number of ether oxygens (including phenoxy) is 1. The summed E-state index contributed by atoms with van der Waals surface area (Å²) < 4.78 is 6.27. The van der Waals surface area contributed by atoms with Gasteiger partial charge in [0.1, 0.15) is 6.10 Å². The first kappa shape index (κ1) is 26.0. The standard InChI is InChI=1S/C29H53NO2/c1-5-6-7-8-9-10-11-12-13-14-15-27(22-30(3)4)23(2)32-28(31)29-19-24-16-25(20-29)18-26(17-24)21-29/h23-27H,5-22H2,1-4H3. The third-order valence-electron chi connectivity index (χ3n) is 8.96. The molecular weight excluding hydrogens is 394 g/mol. The number of hydrogen-bond acceptors (Lipinski definition) is 3. The Morgan fingerprint density at radius 2 is 1.31 bits per heavy atom. The van der Waals surface area contributed by atoms with E-state index >= 15 is 0 Å².